The fourth-order valence-electron chi connectivity index (χ4n) is 1.75. The molecule has 1 N–H and O–H groups in total. The first kappa shape index (κ1) is 14.6. The van der Waals surface area contributed by atoms with E-state index in [-0.39, 0.29) is 5.56 Å². The first-order chi connectivity index (χ1) is 8.40. The van der Waals surface area contributed by atoms with E-state index in [2.05, 4.69) is 0 Å². The maximum atomic E-state index is 12.5. The van der Waals surface area contributed by atoms with Gasteiger partial charge in [-0.25, -0.2) is 8.78 Å². The van der Waals surface area contributed by atoms with E-state index in [0.717, 1.165) is 5.56 Å². The van der Waals surface area contributed by atoms with Crippen molar-refractivity contribution in [3.05, 3.63) is 35.4 Å². The van der Waals surface area contributed by atoms with Gasteiger partial charge in [-0.1, -0.05) is 25.1 Å². The zero-order valence-electron chi connectivity index (χ0n) is 10.4. The highest BCUT2D eigenvalue weighted by Crippen LogP contribution is 2.20. The van der Waals surface area contributed by atoms with Crippen molar-refractivity contribution in [1.82, 2.24) is 4.90 Å². The summed E-state index contributed by atoms with van der Waals surface area (Å²) in [6.07, 6.45) is -2.48. The molecule has 0 aromatic heterocycles. The van der Waals surface area contributed by atoms with Crippen LogP contribution in [0.25, 0.3) is 0 Å². The third-order valence-electron chi connectivity index (χ3n) is 2.66. The summed E-state index contributed by atoms with van der Waals surface area (Å²) in [5.41, 5.74) is 0.750. The lowest BCUT2D eigenvalue weighted by molar-refractivity contribution is -0.141. The van der Waals surface area contributed by atoms with Gasteiger partial charge in [-0.3, -0.25) is 4.79 Å². The van der Waals surface area contributed by atoms with Crippen LogP contribution in [0.15, 0.2) is 24.3 Å². The molecular weight excluding hydrogens is 240 g/mol. The van der Waals surface area contributed by atoms with Gasteiger partial charge in [0.1, 0.15) is 0 Å². The summed E-state index contributed by atoms with van der Waals surface area (Å²) in [6.45, 7) is 2.46. The quantitative estimate of drug-likeness (QED) is 0.852. The molecule has 0 bridgehead atoms. The van der Waals surface area contributed by atoms with E-state index in [1.807, 2.05) is 4.90 Å². The molecule has 0 saturated heterocycles. The third-order valence-corrected chi connectivity index (χ3v) is 2.66. The lowest BCUT2D eigenvalue weighted by atomic mass is 10.1. The second kappa shape index (κ2) is 6.44. The summed E-state index contributed by atoms with van der Waals surface area (Å²) in [7, 11) is 1.77. The second-order valence-electron chi connectivity index (χ2n) is 4.48. The van der Waals surface area contributed by atoms with E-state index in [1.54, 1.807) is 26.1 Å². The number of halogens is 2. The number of aliphatic carboxylic acids is 1. The molecule has 0 radical (unpaired) electrons. The monoisotopic (exact) mass is 257 g/mol. The van der Waals surface area contributed by atoms with Gasteiger partial charge in [-0.2, -0.15) is 0 Å². The average molecular weight is 257 g/mol. The molecule has 0 aliphatic carbocycles. The Hall–Kier alpha value is -1.49. The van der Waals surface area contributed by atoms with Crippen molar-refractivity contribution >= 4 is 5.97 Å². The number of carbonyl (C=O) groups is 1. The van der Waals surface area contributed by atoms with Crippen LogP contribution in [0.3, 0.4) is 0 Å². The van der Waals surface area contributed by atoms with Crippen LogP contribution in [0.1, 0.15) is 24.5 Å². The smallest absolute Gasteiger partial charge is 0.307 e. The van der Waals surface area contributed by atoms with Gasteiger partial charge in [0.05, 0.1) is 5.92 Å². The van der Waals surface area contributed by atoms with Crippen LogP contribution in [-0.4, -0.2) is 29.6 Å². The first-order valence-corrected chi connectivity index (χ1v) is 5.68. The van der Waals surface area contributed by atoms with Crippen LogP contribution in [0, 0.1) is 5.92 Å². The summed E-state index contributed by atoms with van der Waals surface area (Å²) < 4.78 is 25.0. The van der Waals surface area contributed by atoms with E-state index >= 15 is 0 Å². The third kappa shape index (κ3) is 4.41. The molecule has 0 spiro atoms. The lowest BCUT2D eigenvalue weighted by Gasteiger charge is -2.19. The molecule has 0 saturated carbocycles. The van der Waals surface area contributed by atoms with Crippen molar-refractivity contribution < 1.29 is 18.7 Å². The topological polar surface area (TPSA) is 40.5 Å². The minimum absolute atomic E-state index is 0.00724. The van der Waals surface area contributed by atoms with Gasteiger partial charge >= 0.3 is 5.97 Å². The fraction of sp³-hybridized carbons (Fsp3) is 0.462. The summed E-state index contributed by atoms with van der Waals surface area (Å²) in [5, 5.41) is 8.79. The molecule has 0 aliphatic heterocycles. The molecule has 1 unspecified atom stereocenters. The maximum Gasteiger partial charge on any atom is 0.307 e. The number of carboxylic acid groups (broad SMARTS) is 1. The summed E-state index contributed by atoms with van der Waals surface area (Å²) >= 11 is 0. The van der Waals surface area contributed by atoms with Crippen LogP contribution in [0.2, 0.25) is 0 Å². The molecule has 0 heterocycles. The highest BCUT2D eigenvalue weighted by atomic mass is 19.3. The molecule has 5 heteroatoms. The van der Waals surface area contributed by atoms with Gasteiger partial charge < -0.3 is 10.0 Å². The Morgan fingerprint density at radius 1 is 1.44 bits per heavy atom. The van der Waals surface area contributed by atoms with Crippen LogP contribution in [0.5, 0.6) is 0 Å². The van der Waals surface area contributed by atoms with Crippen LogP contribution < -0.4 is 0 Å². The van der Waals surface area contributed by atoms with Gasteiger partial charge in [0.15, 0.2) is 0 Å². The van der Waals surface area contributed by atoms with Gasteiger partial charge in [0.2, 0.25) is 0 Å². The largest absolute Gasteiger partial charge is 0.481 e. The number of carboxylic acids is 1. The molecule has 1 atom stereocenters. The first-order valence-electron chi connectivity index (χ1n) is 5.68. The normalized spacial score (nSPS) is 13.0. The minimum atomic E-state index is -2.48. The minimum Gasteiger partial charge on any atom is -0.481 e. The summed E-state index contributed by atoms with van der Waals surface area (Å²) in [4.78, 5) is 12.5. The van der Waals surface area contributed by atoms with Gasteiger partial charge in [-0.15, -0.1) is 0 Å². The zero-order chi connectivity index (χ0) is 13.7. The van der Waals surface area contributed by atoms with Crippen molar-refractivity contribution in [3.8, 4) is 0 Å². The molecule has 1 rings (SSSR count). The second-order valence-corrected chi connectivity index (χ2v) is 4.48. The van der Waals surface area contributed by atoms with E-state index < -0.39 is 18.3 Å². The molecule has 0 aliphatic rings. The Morgan fingerprint density at radius 3 is 2.67 bits per heavy atom. The Morgan fingerprint density at radius 2 is 2.11 bits per heavy atom. The van der Waals surface area contributed by atoms with E-state index in [9.17, 15) is 13.6 Å². The molecule has 100 valence electrons. The van der Waals surface area contributed by atoms with Gasteiger partial charge in [0, 0.05) is 18.7 Å². The summed E-state index contributed by atoms with van der Waals surface area (Å²) in [5.74, 6) is -1.34. The Balaban J connectivity index is 2.61. The van der Waals surface area contributed by atoms with E-state index in [0.29, 0.717) is 13.1 Å². The highest BCUT2D eigenvalue weighted by molar-refractivity contribution is 5.69. The van der Waals surface area contributed by atoms with E-state index in [1.165, 1.54) is 12.1 Å². The number of rotatable bonds is 6. The standard InChI is InChI=1S/C13H17F2NO2/c1-9(13(17)18)7-16(2)8-10-4-3-5-11(6-10)12(14)15/h3-6,9,12H,7-8H2,1-2H3,(H,17,18). The Bertz CT molecular complexity index is 410. The van der Waals surface area contributed by atoms with Crippen LogP contribution in [-0.2, 0) is 11.3 Å². The Labute approximate surface area is 105 Å². The predicted molar refractivity (Wildman–Crippen MR) is 64.5 cm³/mol. The molecule has 3 nitrogen and oxygen atoms in total. The fourth-order valence-corrected chi connectivity index (χ4v) is 1.75. The number of hydrogen-bond donors (Lipinski definition) is 1. The molecule has 1 aromatic rings. The van der Waals surface area contributed by atoms with E-state index in [4.69, 9.17) is 5.11 Å². The molecule has 18 heavy (non-hydrogen) atoms. The zero-order valence-corrected chi connectivity index (χ0v) is 10.4. The van der Waals surface area contributed by atoms with Crippen molar-refractivity contribution in [1.29, 1.82) is 0 Å². The molecular formula is C13H17F2NO2. The SMILES string of the molecule is CC(CN(C)Cc1cccc(C(F)F)c1)C(=O)O. The molecule has 0 fully saturated rings. The van der Waals surface area contributed by atoms with Crippen LogP contribution >= 0.6 is 0 Å². The van der Waals surface area contributed by atoms with Crippen LogP contribution in [0.4, 0.5) is 8.78 Å². The number of hydrogen-bond acceptors (Lipinski definition) is 2. The number of alkyl halides is 2. The van der Waals surface area contributed by atoms with Gasteiger partial charge in [0.25, 0.3) is 6.43 Å². The average Bonchev–Trinajstić information content (AvgIpc) is 2.28. The molecule has 0 amide bonds. The van der Waals surface area contributed by atoms with Gasteiger partial charge in [-0.05, 0) is 18.7 Å². The highest BCUT2D eigenvalue weighted by Gasteiger charge is 2.14. The summed E-state index contributed by atoms with van der Waals surface area (Å²) in [6, 6.07) is 6.18. The number of nitrogens with zero attached hydrogens (tertiary/aromatic N) is 1. The van der Waals surface area contributed by atoms with Crippen molar-refractivity contribution in [2.45, 2.75) is 19.9 Å². The predicted octanol–water partition coefficient (Wildman–Crippen LogP) is 2.78. The van der Waals surface area contributed by atoms with Crippen molar-refractivity contribution in [3.63, 3.8) is 0 Å². The van der Waals surface area contributed by atoms with Crippen molar-refractivity contribution in [2.75, 3.05) is 13.6 Å². The molecule has 1 aromatic carbocycles. The van der Waals surface area contributed by atoms with Crippen molar-refractivity contribution in [2.24, 2.45) is 5.92 Å². The maximum absolute atomic E-state index is 12.5. The number of benzene rings is 1. The Kier molecular flexibility index (Phi) is 5.22. The lowest BCUT2D eigenvalue weighted by Crippen LogP contribution is -2.28.